The minimum atomic E-state index is 0. The van der Waals surface area contributed by atoms with Gasteiger partial charge in [-0.2, -0.15) is 0 Å². The average molecular weight is 388 g/mol. The largest absolute Gasteiger partial charge is 0.372 e. The van der Waals surface area contributed by atoms with Crippen molar-refractivity contribution in [2.75, 3.05) is 6.54 Å². The molecule has 1 aliphatic heterocycles. The van der Waals surface area contributed by atoms with Crippen LogP contribution >= 0.6 is 47.4 Å². The Kier molecular flexibility index (Phi) is 7.12. The smallest absolute Gasteiger partial charge is 0.104 e. The van der Waals surface area contributed by atoms with E-state index in [9.17, 15) is 0 Å². The van der Waals surface area contributed by atoms with E-state index in [0.717, 1.165) is 22.9 Å². The quantitative estimate of drug-likeness (QED) is 0.686. The molecular formula is C17H17Cl3N2S. The van der Waals surface area contributed by atoms with E-state index in [0.29, 0.717) is 5.02 Å². The second kappa shape index (κ2) is 8.86. The minimum absolute atomic E-state index is 0. The van der Waals surface area contributed by atoms with E-state index >= 15 is 0 Å². The van der Waals surface area contributed by atoms with Crippen molar-refractivity contribution < 1.29 is 0 Å². The van der Waals surface area contributed by atoms with Gasteiger partial charge < -0.3 is 5.32 Å². The molecule has 6 heteroatoms. The van der Waals surface area contributed by atoms with Crippen LogP contribution in [-0.2, 0) is 5.75 Å². The summed E-state index contributed by atoms with van der Waals surface area (Å²) in [7, 11) is 0. The van der Waals surface area contributed by atoms with Gasteiger partial charge in [0.05, 0.1) is 0 Å². The summed E-state index contributed by atoms with van der Waals surface area (Å²) in [6.45, 7) is 0.872. The van der Waals surface area contributed by atoms with E-state index in [1.54, 1.807) is 11.8 Å². The van der Waals surface area contributed by atoms with E-state index < -0.39 is 0 Å². The summed E-state index contributed by atoms with van der Waals surface area (Å²) in [5.41, 5.74) is 2.30. The Balaban J connectivity index is 0.00000192. The molecule has 0 saturated heterocycles. The fraction of sp³-hybridized carbons (Fsp3) is 0.176. The van der Waals surface area contributed by atoms with Gasteiger partial charge >= 0.3 is 0 Å². The molecule has 2 aromatic rings. The van der Waals surface area contributed by atoms with E-state index in [4.69, 9.17) is 23.2 Å². The zero-order valence-corrected chi connectivity index (χ0v) is 15.4. The van der Waals surface area contributed by atoms with E-state index in [-0.39, 0.29) is 18.6 Å². The monoisotopic (exact) mass is 386 g/mol. The minimum Gasteiger partial charge on any atom is -0.372 e. The predicted octanol–water partition coefficient (Wildman–Crippen LogP) is 5.41. The van der Waals surface area contributed by atoms with Crippen LogP contribution in [0.5, 0.6) is 0 Å². The highest BCUT2D eigenvalue weighted by Gasteiger charge is 2.15. The summed E-state index contributed by atoms with van der Waals surface area (Å²) < 4.78 is 0. The van der Waals surface area contributed by atoms with Gasteiger partial charge in [0.15, 0.2) is 0 Å². The summed E-state index contributed by atoms with van der Waals surface area (Å²) in [4.78, 5) is 1.24. The normalized spacial score (nSPS) is 16.5. The molecule has 1 aliphatic rings. The highest BCUT2D eigenvalue weighted by atomic mass is 35.5. The maximum Gasteiger partial charge on any atom is 0.104 e. The SMILES string of the molecule is Cl.Clc1ccc(Cl)c(CSc2ccccc2C2NC=CCN2)c1. The third kappa shape index (κ3) is 4.82. The van der Waals surface area contributed by atoms with Crippen LogP contribution in [0.3, 0.4) is 0 Å². The first-order valence-electron chi connectivity index (χ1n) is 7.04. The van der Waals surface area contributed by atoms with Gasteiger partial charge in [-0.3, -0.25) is 5.32 Å². The summed E-state index contributed by atoms with van der Waals surface area (Å²) in [5, 5.41) is 8.25. The van der Waals surface area contributed by atoms with Gasteiger partial charge in [-0.05, 0) is 36.0 Å². The number of halogens is 3. The van der Waals surface area contributed by atoms with Gasteiger partial charge in [-0.15, -0.1) is 24.2 Å². The van der Waals surface area contributed by atoms with Crippen LogP contribution in [0.4, 0.5) is 0 Å². The fourth-order valence-electron chi connectivity index (χ4n) is 2.33. The lowest BCUT2D eigenvalue weighted by Crippen LogP contribution is -2.35. The van der Waals surface area contributed by atoms with Gasteiger partial charge in [-0.1, -0.05) is 47.5 Å². The molecule has 1 unspecified atom stereocenters. The highest BCUT2D eigenvalue weighted by molar-refractivity contribution is 7.98. The predicted molar refractivity (Wildman–Crippen MR) is 103 cm³/mol. The number of hydrogen-bond acceptors (Lipinski definition) is 3. The lowest BCUT2D eigenvalue weighted by atomic mass is 10.1. The Morgan fingerprint density at radius 1 is 1.13 bits per heavy atom. The standard InChI is InChI=1S/C17H16Cl2N2S.ClH/c18-13-6-7-15(19)12(10-13)11-22-16-5-2-1-4-14(16)17-20-8-3-9-21-17;/h1-8,10,17,20-21H,9,11H2;1H. The molecule has 0 aromatic heterocycles. The Hall–Kier alpha value is -0.840. The average Bonchev–Trinajstić information content (AvgIpc) is 2.57. The fourth-order valence-corrected chi connectivity index (χ4v) is 3.86. The summed E-state index contributed by atoms with van der Waals surface area (Å²) in [5.74, 6) is 0.791. The van der Waals surface area contributed by atoms with Crippen LogP contribution in [0.1, 0.15) is 17.3 Å². The molecule has 2 N–H and O–H groups in total. The van der Waals surface area contributed by atoms with Crippen molar-refractivity contribution in [3.63, 3.8) is 0 Å². The number of rotatable bonds is 4. The third-order valence-corrected chi connectivity index (χ3v) is 5.18. The van der Waals surface area contributed by atoms with Crippen molar-refractivity contribution in [3.8, 4) is 0 Å². The molecule has 122 valence electrons. The van der Waals surface area contributed by atoms with E-state index in [1.165, 1.54) is 10.5 Å². The molecule has 0 aliphatic carbocycles. The molecule has 0 amide bonds. The van der Waals surface area contributed by atoms with Gasteiger partial charge in [0, 0.05) is 32.8 Å². The van der Waals surface area contributed by atoms with Crippen LogP contribution in [0, 0.1) is 0 Å². The Labute approximate surface area is 157 Å². The summed E-state index contributed by atoms with van der Waals surface area (Å²) >= 11 is 14.1. The van der Waals surface area contributed by atoms with Crippen LogP contribution in [0.2, 0.25) is 10.0 Å². The highest BCUT2D eigenvalue weighted by Crippen LogP contribution is 2.32. The van der Waals surface area contributed by atoms with Crippen molar-refractivity contribution in [1.82, 2.24) is 10.6 Å². The van der Waals surface area contributed by atoms with Crippen molar-refractivity contribution in [1.29, 1.82) is 0 Å². The molecule has 0 spiro atoms. The van der Waals surface area contributed by atoms with Gasteiger partial charge in [0.1, 0.15) is 6.17 Å². The molecule has 23 heavy (non-hydrogen) atoms. The molecule has 1 atom stereocenters. The molecule has 0 bridgehead atoms. The molecular weight excluding hydrogens is 371 g/mol. The zero-order chi connectivity index (χ0) is 15.4. The lowest BCUT2D eigenvalue weighted by Gasteiger charge is -2.24. The second-order valence-corrected chi connectivity index (χ2v) is 6.83. The lowest BCUT2D eigenvalue weighted by molar-refractivity contribution is 0.491. The number of benzene rings is 2. The van der Waals surface area contributed by atoms with Crippen LogP contribution in [-0.4, -0.2) is 6.54 Å². The van der Waals surface area contributed by atoms with Crippen molar-refractivity contribution in [3.05, 3.63) is 75.9 Å². The Morgan fingerprint density at radius 2 is 1.96 bits per heavy atom. The van der Waals surface area contributed by atoms with Crippen molar-refractivity contribution in [2.24, 2.45) is 0 Å². The van der Waals surface area contributed by atoms with Crippen LogP contribution in [0.15, 0.2) is 59.6 Å². The zero-order valence-electron chi connectivity index (χ0n) is 12.3. The van der Waals surface area contributed by atoms with Crippen LogP contribution in [0.25, 0.3) is 0 Å². The van der Waals surface area contributed by atoms with Gasteiger partial charge in [0.2, 0.25) is 0 Å². The maximum atomic E-state index is 6.25. The first-order chi connectivity index (χ1) is 10.7. The molecule has 2 nitrogen and oxygen atoms in total. The molecule has 3 rings (SSSR count). The number of thioether (sulfide) groups is 1. The van der Waals surface area contributed by atoms with E-state index in [2.05, 4.69) is 41.0 Å². The van der Waals surface area contributed by atoms with Gasteiger partial charge in [0.25, 0.3) is 0 Å². The van der Waals surface area contributed by atoms with Crippen LogP contribution < -0.4 is 10.6 Å². The Bertz CT molecular complexity index is 691. The van der Waals surface area contributed by atoms with Crippen molar-refractivity contribution >= 4 is 47.4 Å². The second-order valence-electron chi connectivity index (χ2n) is 4.97. The Morgan fingerprint density at radius 3 is 2.74 bits per heavy atom. The maximum absolute atomic E-state index is 6.25. The first-order valence-corrected chi connectivity index (χ1v) is 8.78. The van der Waals surface area contributed by atoms with E-state index in [1.807, 2.05) is 24.4 Å². The number of nitrogens with one attached hydrogen (secondary N) is 2. The molecule has 0 radical (unpaired) electrons. The van der Waals surface area contributed by atoms with Gasteiger partial charge in [-0.25, -0.2) is 0 Å². The summed E-state index contributed by atoms with van der Waals surface area (Å²) in [6, 6.07) is 14.0. The molecule has 0 saturated carbocycles. The molecule has 1 heterocycles. The van der Waals surface area contributed by atoms with Crippen molar-refractivity contribution in [2.45, 2.75) is 16.8 Å². The summed E-state index contributed by atoms with van der Waals surface area (Å²) in [6.07, 6.45) is 4.21. The molecule has 2 aromatic carbocycles. The number of hydrogen-bond donors (Lipinski definition) is 2. The third-order valence-electron chi connectivity index (χ3n) is 3.44. The first kappa shape index (κ1) is 18.5. The molecule has 0 fully saturated rings. The topological polar surface area (TPSA) is 24.1 Å².